The summed E-state index contributed by atoms with van der Waals surface area (Å²) in [4.78, 5) is 0. The van der Waals surface area contributed by atoms with E-state index in [1.165, 1.54) is 6.26 Å². The second-order valence-corrected chi connectivity index (χ2v) is 3.46. The van der Waals surface area contributed by atoms with Crippen LogP contribution in [0.2, 0.25) is 0 Å². The number of furan rings is 1. The van der Waals surface area contributed by atoms with Gasteiger partial charge in [0.05, 0.1) is 19.1 Å². The highest BCUT2D eigenvalue weighted by atomic mass is 16.5. The fourth-order valence-electron chi connectivity index (χ4n) is 1.56. The molecule has 2 rings (SSSR count). The third kappa shape index (κ3) is 2.25. The molecule has 0 aliphatic heterocycles. The monoisotopic (exact) mass is 218 g/mol. The maximum absolute atomic E-state index is 10.1. The van der Waals surface area contributed by atoms with Crippen molar-refractivity contribution < 1.29 is 14.3 Å². The minimum atomic E-state index is -0.667. The zero-order valence-corrected chi connectivity index (χ0v) is 9.09. The zero-order valence-electron chi connectivity index (χ0n) is 9.09. The van der Waals surface area contributed by atoms with Gasteiger partial charge < -0.3 is 14.3 Å². The molecule has 0 radical (unpaired) electrons. The summed E-state index contributed by atoms with van der Waals surface area (Å²) < 4.78 is 10.3. The predicted molar refractivity (Wildman–Crippen MR) is 60.4 cm³/mol. The van der Waals surface area contributed by atoms with Crippen LogP contribution < -0.4 is 4.74 Å². The smallest absolute Gasteiger partial charge is 0.119 e. The van der Waals surface area contributed by atoms with Gasteiger partial charge in [0.1, 0.15) is 11.9 Å². The standard InChI is InChI=1S/C13H14O3/c1-2-16-12-5-3-4-10(8-12)13(14)11-6-7-15-9-11/h3-9,13-14H,2H2,1H3. The Hall–Kier alpha value is -1.74. The molecule has 3 heteroatoms. The molecule has 3 nitrogen and oxygen atoms in total. The van der Waals surface area contributed by atoms with Gasteiger partial charge in [-0.1, -0.05) is 12.1 Å². The molecule has 0 fully saturated rings. The van der Waals surface area contributed by atoms with Crippen LogP contribution in [0.3, 0.4) is 0 Å². The first-order chi connectivity index (χ1) is 7.81. The van der Waals surface area contributed by atoms with E-state index in [-0.39, 0.29) is 0 Å². The Morgan fingerprint density at radius 2 is 2.19 bits per heavy atom. The van der Waals surface area contributed by atoms with E-state index in [9.17, 15) is 5.11 Å². The van der Waals surface area contributed by atoms with Crippen molar-refractivity contribution in [2.24, 2.45) is 0 Å². The highest BCUT2D eigenvalue weighted by Gasteiger charge is 2.11. The Bertz CT molecular complexity index is 434. The minimum absolute atomic E-state index is 0.616. The van der Waals surface area contributed by atoms with Crippen LogP contribution in [0.25, 0.3) is 0 Å². The molecule has 16 heavy (non-hydrogen) atoms. The average molecular weight is 218 g/mol. The molecular weight excluding hydrogens is 204 g/mol. The van der Waals surface area contributed by atoms with Crippen LogP contribution in [0.1, 0.15) is 24.2 Å². The van der Waals surface area contributed by atoms with E-state index in [2.05, 4.69) is 0 Å². The third-order valence-electron chi connectivity index (χ3n) is 2.34. The molecule has 2 aromatic rings. The Balaban J connectivity index is 2.23. The summed E-state index contributed by atoms with van der Waals surface area (Å²) in [6.07, 6.45) is 2.42. The molecular formula is C13H14O3. The lowest BCUT2D eigenvalue weighted by atomic mass is 10.0. The number of benzene rings is 1. The van der Waals surface area contributed by atoms with E-state index in [4.69, 9.17) is 9.15 Å². The summed E-state index contributed by atoms with van der Waals surface area (Å²) in [7, 11) is 0. The van der Waals surface area contributed by atoms with Crippen molar-refractivity contribution in [3.8, 4) is 5.75 Å². The summed E-state index contributed by atoms with van der Waals surface area (Å²) in [5.74, 6) is 0.766. The molecule has 0 spiro atoms. The Morgan fingerprint density at radius 1 is 1.31 bits per heavy atom. The van der Waals surface area contributed by atoms with Gasteiger partial charge in [-0.15, -0.1) is 0 Å². The van der Waals surface area contributed by atoms with E-state index in [0.29, 0.717) is 6.61 Å². The van der Waals surface area contributed by atoms with Crippen molar-refractivity contribution in [2.45, 2.75) is 13.0 Å². The van der Waals surface area contributed by atoms with Crippen LogP contribution in [0.4, 0.5) is 0 Å². The molecule has 1 aromatic carbocycles. The highest BCUT2D eigenvalue weighted by molar-refractivity contribution is 5.34. The van der Waals surface area contributed by atoms with Gasteiger partial charge in [0.2, 0.25) is 0 Å². The van der Waals surface area contributed by atoms with E-state index in [1.54, 1.807) is 12.3 Å². The molecule has 0 saturated carbocycles. The van der Waals surface area contributed by atoms with Gasteiger partial charge in [0.25, 0.3) is 0 Å². The maximum Gasteiger partial charge on any atom is 0.119 e. The maximum atomic E-state index is 10.1. The lowest BCUT2D eigenvalue weighted by Gasteiger charge is -2.10. The molecule has 0 saturated heterocycles. The van der Waals surface area contributed by atoms with Gasteiger partial charge in [-0.05, 0) is 30.7 Å². The predicted octanol–water partition coefficient (Wildman–Crippen LogP) is 2.76. The number of hydrogen-bond donors (Lipinski definition) is 1. The van der Waals surface area contributed by atoms with Crippen LogP contribution in [-0.2, 0) is 0 Å². The molecule has 1 N–H and O–H groups in total. The van der Waals surface area contributed by atoms with Crippen molar-refractivity contribution in [1.29, 1.82) is 0 Å². The molecule has 1 unspecified atom stereocenters. The number of hydrogen-bond acceptors (Lipinski definition) is 3. The SMILES string of the molecule is CCOc1cccc(C(O)c2ccoc2)c1. The first-order valence-electron chi connectivity index (χ1n) is 5.24. The molecule has 0 amide bonds. The van der Waals surface area contributed by atoms with Crippen molar-refractivity contribution >= 4 is 0 Å². The van der Waals surface area contributed by atoms with E-state index >= 15 is 0 Å². The van der Waals surface area contributed by atoms with Crippen molar-refractivity contribution in [3.05, 3.63) is 54.0 Å². The fourth-order valence-corrected chi connectivity index (χ4v) is 1.56. The van der Waals surface area contributed by atoms with E-state index in [1.807, 2.05) is 31.2 Å². The Labute approximate surface area is 94.3 Å². The number of aliphatic hydroxyl groups is 1. The van der Waals surface area contributed by atoms with Crippen LogP contribution in [-0.4, -0.2) is 11.7 Å². The number of aliphatic hydroxyl groups excluding tert-OH is 1. The van der Waals surface area contributed by atoms with Crippen LogP contribution in [0.5, 0.6) is 5.75 Å². The van der Waals surface area contributed by atoms with Gasteiger partial charge in [-0.2, -0.15) is 0 Å². The first-order valence-corrected chi connectivity index (χ1v) is 5.24. The molecule has 0 bridgehead atoms. The second-order valence-electron chi connectivity index (χ2n) is 3.46. The molecule has 1 heterocycles. The normalized spacial score (nSPS) is 12.4. The molecule has 84 valence electrons. The first kappa shape index (κ1) is 10.8. The van der Waals surface area contributed by atoms with Gasteiger partial charge in [-0.3, -0.25) is 0 Å². The summed E-state index contributed by atoms with van der Waals surface area (Å²) in [6, 6.07) is 9.18. The largest absolute Gasteiger partial charge is 0.494 e. The summed E-state index contributed by atoms with van der Waals surface area (Å²) in [5.41, 5.74) is 1.54. The van der Waals surface area contributed by atoms with Gasteiger partial charge >= 0.3 is 0 Å². The highest BCUT2D eigenvalue weighted by Crippen LogP contribution is 2.25. The van der Waals surface area contributed by atoms with E-state index < -0.39 is 6.10 Å². The number of rotatable bonds is 4. The minimum Gasteiger partial charge on any atom is -0.494 e. The van der Waals surface area contributed by atoms with Gasteiger partial charge in [0, 0.05) is 5.56 Å². The average Bonchev–Trinajstić information content (AvgIpc) is 2.82. The van der Waals surface area contributed by atoms with Gasteiger partial charge in [-0.25, -0.2) is 0 Å². The summed E-state index contributed by atoms with van der Waals surface area (Å²) in [5, 5.41) is 10.1. The van der Waals surface area contributed by atoms with Crippen LogP contribution in [0.15, 0.2) is 47.3 Å². The second kappa shape index (κ2) is 4.86. The molecule has 0 aliphatic carbocycles. The van der Waals surface area contributed by atoms with E-state index in [0.717, 1.165) is 16.9 Å². The van der Waals surface area contributed by atoms with Gasteiger partial charge in [0.15, 0.2) is 0 Å². The van der Waals surface area contributed by atoms with Crippen molar-refractivity contribution in [3.63, 3.8) is 0 Å². The molecule has 0 aliphatic rings. The lowest BCUT2D eigenvalue weighted by molar-refractivity contribution is 0.218. The summed E-state index contributed by atoms with van der Waals surface area (Å²) >= 11 is 0. The van der Waals surface area contributed by atoms with Crippen LogP contribution in [0, 0.1) is 0 Å². The Morgan fingerprint density at radius 3 is 2.88 bits per heavy atom. The zero-order chi connectivity index (χ0) is 11.4. The third-order valence-corrected chi connectivity index (χ3v) is 2.34. The summed E-state index contributed by atoms with van der Waals surface area (Å²) in [6.45, 7) is 2.55. The topological polar surface area (TPSA) is 42.6 Å². The quantitative estimate of drug-likeness (QED) is 0.858. The Kier molecular flexibility index (Phi) is 3.27. The fraction of sp³-hybridized carbons (Fsp3) is 0.231. The molecule has 1 atom stereocenters. The van der Waals surface area contributed by atoms with Crippen LogP contribution >= 0.6 is 0 Å². The lowest BCUT2D eigenvalue weighted by Crippen LogP contribution is -1.99. The number of ether oxygens (including phenoxy) is 1. The van der Waals surface area contributed by atoms with Crippen molar-refractivity contribution in [1.82, 2.24) is 0 Å². The van der Waals surface area contributed by atoms with Crippen molar-refractivity contribution in [2.75, 3.05) is 6.61 Å². The molecule has 1 aromatic heterocycles.